The Morgan fingerprint density at radius 1 is 1.29 bits per heavy atom. The highest BCUT2D eigenvalue weighted by atomic mass is 127. The summed E-state index contributed by atoms with van der Waals surface area (Å²) in [6.07, 6.45) is 2.15. The summed E-state index contributed by atoms with van der Waals surface area (Å²) in [5, 5.41) is 6.68. The third kappa shape index (κ3) is 7.53. The largest absolute Gasteiger partial charge is 0.496 e. The predicted octanol–water partition coefficient (Wildman–Crippen LogP) is 3.50. The van der Waals surface area contributed by atoms with E-state index in [2.05, 4.69) is 65.6 Å². The van der Waals surface area contributed by atoms with Gasteiger partial charge < -0.3 is 25.0 Å². The lowest BCUT2D eigenvalue weighted by molar-refractivity contribution is 0.0529. The molecule has 1 saturated heterocycles. The van der Waals surface area contributed by atoms with Crippen molar-refractivity contribution in [1.29, 1.82) is 0 Å². The number of guanidine groups is 1. The molecule has 0 bridgehead atoms. The first-order valence-corrected chi connectivity index (χ1v) is 10.6. The van der Waals surface area contributed by atoms with Crippen LogP contribution in [0.1, 0.15) is 30.5 Å². The Hall–Kier alpha value is -2.07. The number of aliphatic imine (C=N–C) groups is 1. The fourth-order valence-electron chi connectivity index (χ4n) is 3.41. The standard InChI is InChI=1S/C23H33N5O2.HI/c1-5-24-23(27-15-20-8-6-17(2)12-21(20)29-4)26-14-19-7-9-22(25-13-19)28-10-11-30-18(3)16-28;/h6-9,12-13,18H,5,10-11,14-16H2,1-4H3,(H2,24,26,27);1H. The van der Waals surface area contributed by atoms with Crippen LogP contribution in [0.3, 0.4) is 0 Å². The quantitative estimate of drug-likeness (QED) is 0.319. The van der Waals surface area contributed by atoms with Crippen LogP contribution in [0.25, 0.3) is 0 Å². The van der Waals surface area contributed by atoms with Crippen LogP contribution in [0.15, 0.2) is 41.5 Å². The number of aromatic nitrogens is 1. The van der Waals surface area contributed by atoms with Gasteiger partial charge in [-0.2, -0.15) is 0 Å². The van der Waals surface area contributed by atoms with Gasteiger partial charge in [0.25, 0.3) is 0 Å². The lowest BCUT2D eigenvalue weighted by Gasteiger charge is -2.32. The van der Waals surface area contributed by atoms with Crippen molar-refractivity contribution in [2.45, 2.75) is 40.0 Å². The Labute approximate surface area is 202 Å². The number of ether oxygens (including phenoxy) is 2. The van der Waals surface area contributed by atoms with Gasteiger partial charge in [0.2, 0.25) is 0 Å². The maximum atomic E-state index is 5.61. The van der Waals surface area contributed by atoms with Crippen molar-refractivity contribution in [1.82, 2.24) is 15.6 Å². The molecule has 2 aromatic rings. The van der Waals surface area contributed by atoms with Crippen molar-refractivity contribution in [3.05, 3.63) is 53.2 Å². The molecule has 1 fully saturated rings. The Bertz CT molecular complexity index is 844. The van der Waals surface area contributed by atoms with E-state index >= 15 is 0 Å². The van der Waals surface area contributed by atoms with Gasteiger partial charge in [-0.15, -0.1) is 24.0 Å². The van der Waals surface area contributed by atoms with Gasteiger partial charge in [-0.05, 0) is 44.0 Å². The molecular formula is C23H34IN5O2. The van der Waals surface area contributed by atoms with E-state index in [4.69, 9.17) is 14.5 Å². The Morgan fingerprint density at radius 3 is 2.81 bits per heavy atom. The first kappa shape index (κ1) is 25.2. The van der Waals surface area contributed by atoms with Crippen LogP contribution in [0.5, 0.6) is 5.75 Å². The van der Waals surface area contributed by atoms with Crippen LogP contribution in [0.2, 0.25) is 0 Å². The summed E-state index contributed by atoms with van der Waals surface area (Å²) >= 11 is 0. The second-order valence-electron chi connectivity index (χ2n) is 7.52. The molecule has 0 aliphatic carbocycles. The van der Waals surface area contributed by atoms with Crippen molar-refractivity contribution in [2.75, 3.05) is 38.3 Å². The van der Waals surface area contributed by atoms with E-state index in [1.165, 1.54) is 5.56 Å². The van der Waals surface area contributed by atoms with Gasteiger partial charge in [-0.3, -0.25) is 0 Å². The predicted molar refractivity (Wildman–Crippen MR) is 137 cm³/mol. The molecule has 0 spiro atoms. The number of methoxy groups -OCH3 is 1. The number of hydrogen-bond donors (Lipinski definition) is 2. The Kier molecular flexibility index (Phi) is 10.3. The molecule has 0 radical (unpaired) electrons. The third-order valence-electron chi connectivity index (χ3n) is 5.03. The van der Waals surface area contributed by atoms with E-state index in [0.717, 1.165) is 54.9 Å². The summed E-state index contributed by atoms with van der Waals surface area (Å²) < 4.78 is 11.1. The smallest absolute Gasteiger partial charge is 0.191 e. The van der Waals surface area contributed by atoms with Gasteiger partial charge in [0.05, 0.1) is 26.4 Å². The number of aryl methyl sites for hydroxylation is 1. The van der Waals surface area contributed by atoms with Crippen molar-refractivity contribution in [3.63, 3.8) is 0 Å². The number of rotatable bonds is 7. The van der Waals surface area contributed by atoms with E-state index in [-0.39, 0.29) is 30.1 Å². The molecule has 1 aromatic heterocycles. The van der Waals surface area contributed by atoms with E-state index in [1.807, 2.05) is 12.3 Å². The summed E-state index contributed by atoms with van der Waals surface area (Å²) in [5.41, 5.74) is 3.35. The van der Waals surface area contributed by atoms with Gasteiger partial charge >= 0.3 is 0 Å². The second-order valence-corrected chi connectivity index (χ2v) is 7.52. The van der Waals surface area contributed by atoms with Crippen LogP contribution < -0.4 is 20.3 Å². The zero-order valence-electron chi connectivity index (χ0n) is 18.9. The highest BCUT2D eigenvalue weighted by molar-refractivity contribution is 14.0. The maximum absolute atomic E-state index is 5.61. The summed E-state index contributed by atoms with van der Waals surface area (Å²) in [6, 6.07) is 10.4. The van der Waals surface area contributed by atoms with Gasteiger partial charge in [0.15, 0.2) is 5.96 Å². The van der Waals surface area contributed by atoms with Crippen LogP contribution in [0, 0.1) is 6.92 Å². The van der Waals surface area contributed by atoms with Gasteiger partial charge in [-0.25, -0.2) is 9.98 Å². The fraction of sp³-hybridized carbons (Fsp3) is 0.478. The third-order valence-corrected chi connectivity index (χ3v) is 5.03. The average molecular weight is 539 g/mol. The fourth-order valence-corrected chi connectivity index (χ4v) is 3.41. The molecular weight excluding hydrogens is 505 g/mol. The molecule has 31 heavy (non-hydrogen) atoms. The molecule has 7 nitrogen and oxygen atoms in total. The SMILES string of the molecule is CCNC(=NCc1ccc(N2CCOC(C)C2)nc1)NCc1ccc(C)cc1OC.I. The summed E-state index contributed by atoms with van der Waals surface area (Å²) in [7, 11) is 1.70. The number of nitrogens with zero attached hydrogens (tertiary/aromatic N) is 3. The molecule has 0 amide bonds. The number of halogens is 1. The van der Waals surface area contributed by atoms with E-state index in [9.17, 15) is 0 Å². The van der Waals surface area contributed by atoms with Crippen molar-refractivity contribution in [2.24, 2.45) is 4.99 Å². The van der Waals surface area contributed by atoms with Gasteiger partial charge in [0, 0.05) is 37.9 Å². The van der Waals surface area contributed by atoms with Crippen LogP contribution >= 0.6 is 24.0 Å². The number of pyridine rings is 1. The normalized spacial score (nSPS) is 16.5. The second kappa shape index (κ2) is 12.7. The van der Waals surface area contributed by atoms with Crippen molar-refractivity contribution >= 4 is 35.8 Å². The summed E-state index contributed by atoms with van der Waals surface area (Å²) in [6.45, 7) is 10.7. The molecule has 1 atom stereocenters. The molecule has 1 aromatic carbocycles. The highest BCUT2D eigenvalue weighted by Crippen LogP contribution is 2.19. The first-order valence-electron chi connectivity index (χ1n) is 10.6. The molecule has 1 aliphatic heterocycles. The molecule has 3 rings (SSSR count). The zero-order valence-corrected chi connectivity index (χ0v) is 21.2. The maximum Gasteiger partial charge on any atom is 0.191 e. The van der Waals surface area contributed by atoms with Crippen molar-refractivity contribution < 1.29 is 9.47 Å². The average Bonchev–Trinajstić information content (AvgIpc) is 2.76. The number of hydrogen-bond acceptors (Lipinski definition) is 5. The van der Waals surface area contributed by atoms with E-state index in [0.29, 0.717) is 13.1 Å². The van der Waals surface area contributed by atoms with E-state index in [1.54, 1.807) is 7.11 Å². The van der Waals surface area contributed by atoms with Gasteiger partial charge in [0.1, 0.15) is 11.6 Å². The number of nitrogens with one attached hydrogen (secondary N) is 2. The molecule has 2 N–H and O–H groups in total. The lowest BCUT2D eigenvalue weighted by Crippen LogP contribution is -2.41. The lowest BCUT2D eigenvalue weighted by atomic mass is 10.1. The number of morpholine rings is 1. The number of benzene rings is 1. The molecule has 0 saturated carbocycles. The summed E-state index contributed by atoms with van der Waals surface area (Å²) in [5.74, 6) is 2.65. The van der Waals surface area contributed by atoms with Crippen LogP contribution in [0.4, 0.5) is 5.82 Å². The summed E-state index contributed by atoms with van der Waals surface area (Å²) in [4.78, 5) is 11.6. The highest BCUT2D eigenvalue weighted by Gasteiger charge is 2.17. The van der Waals surface area contributed by atoms with Crippen molar-refractivity contribution in [3.8, 4) is 5.75 Å². The van der Waals surface area contributed by atoms with Crippen LogP contribution in [-0.2, 0) is 17.8 Å². The van der Waals surface area contributed by atoms with E-state index < -0.39 is 0 Å². The monoisotopic (exact) mass is 539 g/mol. The Balaban J connectivity index is 0.00000341. The minimum absolute atomic E-state index is 0. The first-order chi connectivity index (χ1) is 14.6. The topological polar surface area (TPSA) is 71.0 Å². The molecule has 2 heterocycles. The molecule has 170 valence electrons. The number of anilines is 1. The molecule has 1 unspecified atom stereocenters. The van der Waals surface area contributed by atoms with Gasteiger partial charge in [-0.1, -0.05) is 18.2 Å². The minimum Gasteiger partial charge on any atom is -0.496 e. The Morgan fingerprint density at radius 2 is 2.13 bits per heavy atom. The molecule has 1 aliphatic rings. The molecule has 8 heteroatoms. The minimum atomic E-state index is 0. The van der Waals surface area contributed by atoms with Crippen LogP contribution in [-0.4, -0.2) is 50.4 Å². The zero-order chi connectivity index (χ0) is 21.3.